The van der Waals surface area contributed by atoms with Crippen LogP contribution in [0.3, 0.4) is 0 Å². The van der Waals surface area contributed by atoms with Gasteiger partial charge in [-0.15, -0.1) is 0 Å². The summed E-state index contributed by atoms with van der Waals surface area (Å²) in [5.74, 6) is -1.34. The van der Waals surface area contributed by atoms with Gasteiger partial charge in [-0.2, -0.15) is 0 Å². The number of hydrogen-bond acceptors (Lipinski definition) is 6. The lowest BCUT2D eigenvalue weighted by molar-refractivity contribution is -0.142. The van der Waals surface area contributed by atoms with E-state index in [4.69, 9.17) is 9.47 Å². The zero-order valence-corrected chi connectivity index (χ0v) is 12.7. The van der Waals surface area contributed by atoms with Crippen molar-refractivity contribution < 1.29 is 28.2 Å². The second-order valence-corrected chi connectivity index (χ2v) is 4.97. The standard InChI is InChI=1S/C15H18FNO5/c1-20-14(19)10-4-5-12(13(16)11(10)8-18)17-6-9(7-17)15(21-2)22-3/h4-5,8-9,15H,6-7H2,1-3H3. The molecule has 0 spiro atoms. The minimum absolute atomic E-state index is 0.0810. The zero-order valence-electron chi connectivity index (χ0n) is 12.7. The predicted octanol–water partition coefficient (Wildman–Crippen LogP) is 1.48. The Labute approximate surface area is 127 Å². The van der Waals surface area contributed by atoms with E-state index in [1.54, 1.807) is 19.1 Å². The number of rotatable bonds is 6. The number of nitrogens with zero attached hydrogens (tertiary/aromatic N) is 1. The van der Waals surface area contributed by atoms with E-state index in [2.05, 4.69) is 4.74 Å². The Hall–Kier alpha value is -1.99. The van der Waals surface area contributed by atoms with Crippen molar-refractivity contribution in [1.29, 1.82) is 0 Å². The maximum atomic E-state index is 14.5. The van der Waals surface area contributed by atoms with E-state index in [-0.39, 0.29) is 29.0 Å². The van der Waals surface area contributed by atoms with Crippen LogP contribution in [0.25, 0.3) is 0 Å². The second-order valence-electron chi connectivity index (χ2n) is 4.97. The maximum Gasteiger partial charge on any atom is 0.338 e. The number of carbonyl (C=O) groups is 2. The highest BCUT2D eigenvalue weighted by molar-refractivity contribution is 5.99. The lowest BCUT2D eigenvalue weighted by Crippen LogP contribution is -2.53. The molecule has 1 saturated heterocycles. The molecule has 7 heteroatoms. The molecule has 0 atom stereocenters. The molecular formula is C15H18FNO5. The monoisotopic (exact) mass is 311 g/mol. The van der Waals surface area contributed by atoms with Gasteiger partial charge in [0.1, 0.15) is 0 Å². The fourth-order valence-electron chi connectivity index (χ4n) is 2.59. The molecule has 0 bridgehead atoms. The molecular weight excluding hydrogens is 293 g/mol. The summed E-state index contributed by atoms with van der Waals surface area (Å²) in [6.45, 7) is 1.08. The minimum Gasteiger partial charge on any atom is -0.465 e. The highest BCUT2D eigenvalue weighted by atomic mass is 19.1. The summed E-state index contributed by atoms with van der Waals surface area (Å²) in [6, 6.07) is 2.87. The van der Waals surface area contributed by atoms with Gasteiger partial charge in [-0.1, -0.05) is 0 Å². The first-order chi connectivity index (χ1) is 10.6. The van der Waals surface area contributed by atoms with Crippen molar-refractivity contribution in [2.75, 3.05) is 39.3 Å². The second kappa shape index (κ2) is 6.85. The van der Waals surface area contributed by atoms with Gasteiger partial charge in [0.25, 0.3) is 0 Å². The van der Waals surface area contributed by atoms with Crippen LogP contribution in [0.5, 0.6) is 0 Å². The van der Waals surface area contributed by atoms with E-state index in [9.17, 15) is 14.0 Å². The number of methoxy groups -OCH3 is 3. The molecule has 0 unspecified atom stereocenters. The van der Waals surface area contributed by atoms with E-state index in [0.29, 0.717) is 19.4 Å². The Bertz CT molecular complexity index is 567. The maximum absolute atomic E-state index is 14.5. The Kier molecular flexibility index (Phi) is 5.10. The molecule has 120 valence electrons. The average Bonchev–Trinajstić information content (AvgIpc) is 2.50. The molecule has 2 rings (SSSR count). The number of anilines is 1. The van der Waals surface area contributed by atoms with Crippen LogP contribution in [0.2, 0.25) is 0 Å². The number of ether oxygens (including phenoxy) is 3. The van der Waals surface area contributed by atoms with Gasteiger partial charge < -0.3 is 19.1 Å². The quantitative estimate of drug-likeness (QED) is 0.450. The summed E-state index contributed by atoms with van der Waals surface area (Å²) in [6.07, 6.45) is -0.0191. The lowest BCUT2D eigenvalue weighted by Gasteiger charge is -2.43. The topological polar surface area (TPSA) is 65.1 Å². The highest BCUT2D eigenvalue weighted by Crippen LogP contribution is 2.32. The fourth-order valence-corrected chi connectivity index (χ4v) is 2.59. The van der Waals surface area contributed by atoms with Gasteiger partial charge in [-0.3, -0.25) is 4.79 Å². The summed E-state index contributed by atoms with van der Waals surface area (Å²) < 4.78 is 29.3. The van der Waals surface area contributed by atoms with Crippen LogP contribution in [-0.2, 0) is 14.2 Å². The molecule has 22 heavy (non-hydrogen) atoms. The highest BCUT2D eigenvalue weighted by Gasteiger charge is 2.36. The zero-order chi connectivity index (χ0) is 16.3. The summed E-state index contributed by atoms with van der Waals surface area (Å²) in [5.41, 5.74) is -0.0951. The summed E-state index contributed by atoms with van der Waals surface area (Å²) in [5, 5.41) is 0. The smallest absolute Gasteiger partial charge is 0.338 e. The third-order valence-corrected chi connectivity index (χ3v) is 3.78. The number of benzene rings is 1. The summed E-state index contributed by atoms with van der Waals surface area (Å²) >= 11 is 0. The Morgan fingerprint density at radius 1 is 1.32 bits per heavy atom. The van der Waals surface area contributed by atoms with Crippen molar-refractivity contribution in [2.24, 2.45) is 5.92 Å². The molecule has 1 fully saturated rings. The van der Waals surface area contributed by atoms with Gasteiger partial charge in [-0.05, 0) is 12.1 Å². The van der Waals surface area contributed by atoms with E-state index >= 15 is 0 Å². The number of hydrogen-bond donors (Lipinski definition) is 0. The average molecular weight is 311 g/mol. The number of aldehydes is 1. The van der Waals surface area contributed by atoms with Crippen LogP contribution in [0, 0.1) is 11.7 Å². The molecule has 0 N–H and O–H groups in total. The molecule has 0 amide bonds. The summed E-state index contributed by atoms with van der Waals surface area (Å²) in [7, 11) is 4.28. The molecule has 1 aromatic carbocycles. The van der Waals surface area contributed by atoms with E-state index in [1.807, 2.05) is 0 Å². The van der Waals surface area contributed by atoms with Crippen LogP contribution in [-0.4, -0.2) is 53.0 Å². The van der Waals surface area contributed by atoms with Gasteiger partial charge in [-0.25, -0.2) is 9.18 Å². The van der Waals surface area contributed by atoms with Crippen LogP contribution in [0.1, 0.15) is 20.7 Å². The van der Waals surface area contributed by atoms with E-state index in [0.717, 1.165) is 0 Å². The van der Waals surface area contributed by atoms with E-state index in [1.165, 1.54) is 19.2 Å². The molecule has 1 aliphatic rings. The molecule has 0 aromatic heterocycles. The van der Waals surface area contributed by atoms with Crippen molar-refractivity contribution >= 4 is 17.9 Å². The third kappa shape index (κ3) is 2.82. The number of halogens is 1. The van der Waals surface area contributed by atoms with Crippen LogP contribution >= 0.6 is 0 Å². The Balaban J connectivity index is 2.21. The minimum atomic E-state index is -0.743. The molecule has 1 aliphatic heterocycles. The SMILES string of the molecule is COC(=O)c1ccc(N2CC(C(OC)OC)C2)c(F)c1C=O. The molecule has 0 radical (unpaired) electrons. The first-order valence-corrected chi connectivity index (χ1v) is 6.73. The van der Waals surface area contributed by atoms with Crippen molar-refractivity contribution in [1.82, 2.24) is 0 Å². The van der Waals surface area contributed by atoms with Gasteiger partial charge in [0.2, 0.25) is 0 Å². The van der Waals surface area contributed by atoms with Crippen LogP contribution in [0.4, 0.5) is 10.1 Å². The molecule has 0 aliphatic carbocycles. The number of esters is 1. The van der Waals surface area contributed by atoms with Crippen molar-refractivity contribution in [3.05, 3.63) is 29.1 Å². The van der Waals surface area contributed by atoms with Crippen LogP contribution < -0.4 is 4.90 Å². The van der Waals surface area contributed by atoms with Gasteiger partial charge >= 0.3 is 5.97 Å². The summed E-state index contributed by atoms with van der Waals surface area (Å²) in [4.78, 5) is 24.4. The Morgan fingerprint density at radius 3 is 2.45 bits per heavy atom. The van der Waals surface area contributed by atoms with E-state index < -0.39 is 11.8 Å². The van der Waals surface area contributed by atoms with Gasteiger partial charge in [0.15, 0.2) is 18.4 Å². The largest absolute Gasteiger partial charge is 0.465 e. The van der Waals surface area contributed by atoms with Crippen molar-refractivity contribution in [2.45, 2.75) is 6.29 Å². The predicted molar refractivity (Wildman–Crippen MR) is 76.6 cm³/mol. The Morgan fingerprint density at radius 2 is 1.95 bits per heavy atom. The molecule has 1 heterocycles. The van der Waals surface area contributed by atoms with Crippen molar-refractivity contribution in [3.8, 4) is 0 Å². The lowest BCUT2D eigenvalue weighted by atomic mass is 9.97. The van der Waals surface area contributed by atoms with Gasteiger partial charge in [0, 0.05) is 33.2 Å². The third-order valence-electron chi connectivity index (χ3n) is 3.78. The fraction of sp³-hybridized carbons (Fsp3) is 0.467. The van der Waals surface area contributed by atoms with Crippen LogP contribution in [0.15, 0.2) is 12.1 Å². The van der Waals surface area contributed by atoms with Crippen molar-refractivity contribution in [3.63, 3.8) is 0 Å². The normalized spacial score (nSPS) is 14.9. The van der Waals surface area contributed by atoms with Gasteiger partial charge in [0.05, 0.1) is 23.9 Å². The molecule has 6 nitrogen and oxygen atoms in total. The molecule has 0 saturated carbocycles. The molecule has 1 aromatic rings. The first-order valence-electron chi connectivity index (χ1n) is 6.73. The number of carbonyl (C=O) groups excluding carboxylic acids is 2. The first kappa shape index (κ1) is 16.4.